The monoisotopic (exact) mass is 162 g/mol. The average Bonchev–Trinajstić information content (AvgIpc) is 2.01. The number of esters is 1. The Labute approximate surface area is 66.4 Å². The predicted octanol–water partition coefficient (Wildman–Crippen LogP) is 0.211. The van der Waals surface area contributed by atoms with Gasteiger partial charge in [0.25, 0.3) is 0 Å². The molecule has 11 heavy (non-hydrogen) atoms. The van der Waals surface area contributed by atoms with E-state index in [2.05, 4.69) is 4.74 Å². The van der Waals surface area contributed by atoms with Crippen LogP contribution < -0.4 is 0 Å². The Morgan fingerprint density at radius 2 is 2.09 bits per heavy atom. The van der Waals surface area contributed by atoms with Crippen molar-refractivity contribution in [2.45, 2.75) is 13.0 Å². The van der Waals surface area contributed by atoms with Crippen molar-refractivity contribution in [2.75, 3.05) is 27.4 Å². The largest absolute Gasteiger partial charge is 0.461 e. The molecule has 0 rings (SSSR count). The summed E-state index contributed by atoms with van der Waals surface area (Å²) in [5.74, 6) is -0.364. The quantitative estimate of drug-likeness (QED) is 0.542. The summed E-state index contributed by atoms with van der Waals surface area (Å²) in [4.78, 5) is 10.7. The molecule has 0 spiro atoms. The van der Waals surface area contributed by atoms with Crippen molar-refractivity contribution in [1.29, 1.82) is 0 Å². The van der Waals surface area contributed by atoms with Crippen LogP contribution in [0, 0.1) is 0 Å². The van der Waals surface area contributed by atoms with Gasteiger partial charge in [-0.15, -0.1) is 0 Å². The van der Waals surface area contributed by atoms with Gasteiger partial charge in [-0.3, -0.25) is 0 Å². The highest BCUT2D eigenvalue weighted by atomic mass is 16.6. The molecule has 4 nitrogen and oxygen atoms in total. The molecule has 0 saturated heterocycles. The Hall–Kier alpha value is -0.610. The lowest BCUT2D eigenvalue weighted by molar-refractivity contribution is -0.151. The summed E-state index contributed by atoms with van der Waals surface area (Å²) in [5, 5.41) is 0. The Morgan fingerprint density at radius 3 is 2.55 bits per heavy atom. The molecular formula is C7H14O4. The van der Waals surface area contributed by atoms with Gasteiger partial charge in [-0.05, 0) is 6.92 Å². The molecule has 0 aliphatic carbocycles. The van der Waals surface area contributed by atoms with E-state index in [1.807, 2.05) is 6.92 Å². The van der Waals surface area contributed by atoms with Crippen molar-refractivity contribution in [3.8, 4) is 0 Å². The summed E-state index contributed by atoms with van der Waals surface area (Å²) in [6.45, 7) is 2.09. The third-order valence-corrected chi connectivity index (χ3v) is 1.14. The van der Waals surface area contributed by atoms with Crippen LogP contribution in [0.5, 0.6) is 0 Å². The minimum absolute atomic E-state index is 0.00354. The number of rotatable bonds is 5. The SMILES string of the molecule is COCC(=O)OCC(C)OC. The Morgan fingerprint density at radius 1 is 1.45 bits per heavy atom. The fourth-order valence-corrected chi connectivity index (χ4v) is 0.438. The first-order chi connectivity index (χ1) is 5.20. The normalized spacial score (nSPS) is 12.6. The first kappa shape index (κ1) is 10.4. The standard InChI is InChI=1S/C7H14O4/c1-6(10-3)4-11-7(8)5-9-2/h6H,4-5H2,1-3H3. The molecule has 0 N–H and O–H groups in total. The molecule has 0 aromatic heterocycles. The zero-order valence-electron chi connectivity index (χ0n) is 7.12. The lowest BCUT2D eigenvalue weighted by Crippen LogP contribution is -2.19. The van der Waals surface area contributed by atoms with Crippen LogP contribution in [-0.2, 0) is 19.0 Å². The highest BCUT2D eigenvalue weighted by Gasteiger charge is 2.04. The van der Waals surface area contributed by atoms with Gasteiger partial charge in [-0.1, -0.05) is 0 Å². The van der Waals surface area contributed by atoms with Crippen molar-refractivity contribution in [3.63, 3.8) is 0 Å². The minimum atomic E-state index is -0.364. The number of hydrogen-bond donors (Lipinski definition) is 0. The van der Waals surface area contributed by atoms with Crippen LogP contribution in [0.2, 0.25) is 0 Å². The van der Waals surface area contributed by atoms with Gasteiger partial charge < -0.3 is 14.2 Å². The van der Waals surface area contributed by atoms with Crippen LogP contribution in [0.15, 0.2) is 0 Å². The third-order valence-electron chi connectivity index (χ3n) is 1.14. The highest BCUT2D eigenvalue weighted by Crippen LogP contribution is 1.89. The number of carbonyl (C=O) groups excluding carboxylic acids is 1. The summed E-state index contributed by atoms with van der Waals surface area (Å²) in [7, 11) is 3.01. The van der Waals surface area contributed by atoms with Crippen LogP contribution in [-0.4, -0.2) is 39.5 Å². The van der Waals surface area contributed by atoms with Crippen molar-refractivity contribution < 1.29 is 19.0 Å². The van der Waals surface area contributed by atoms with E-state index in [1.54, 1.807) is 7.11 Å². The van der Waals surface area contributed by atoms with E-state index in [1.165, 1.54) is 7.11 Å². The average molecular weight is 162 g/mol. The van der Waals surface area contributed by atoms with Crippen molar-refractivity contribution in [2.24, 2.45) is 0 Å². The van der Waals surface area contributed by atoms with E-state index < -0.39 is 0 Å². The summed E-state index contributed by atoms with van der Waals surface area (Å²) in [6, 6.07) is 0. The third kappa shape index (κ3) is 5.82. The van der Waals surface area contributed by atoms with Gasteiger partial charge >= 0.3 is 5.97 Å². The first-order valence-corrected chi connectivity index (χ1v) is 3.38. The number of ether oxygens (including phenoxy) is 3. The molecule has 1 unspecified atom stereocenters. The highest BCUT2D eigenvalue weighted by molar-refractivity contribution is 5.70. The molecule has 0 fully saturated rings. The van der Waals surface area contributed by atoms with Gasteiger partial charge in [-0.25, -0.2) is 4.79 Å². The van der Waals surface area contributed by atoms with E-state index in [0.717, 1.165) is 0 Å². The zero-order valence-corrected chi connectivity index (χ0v) is 7.12. The van der Waals surface area contributed by atoms with Gasteiger partial charge in [0.2, 0.25) is 0 Å². The molecule has 0 aromatic carbocycles. The maximum absolute atomic E-state index is 10.7. The van der Waals surface area contributed by atoms with E-state index in [9.17, 15) is 4.79 Å². The van der Waals surface area contributed by atoms with Gasteiger partial charge in [0.15, 0.2) is 0 Å². The molecular weight excluding hydrogens is 148 g/mol. The number of methoxy groups -OCH3 is 2. The Bertz CT molecular complexity index is 113. The Kier molecular flexibility index (Phi) is 5.78. The van der Waals surface area contributed by atoms with Crippen LogP contribution in [0.1, 0.15) is 6.92 Å². The molecule has 1 atom stereocenters. The summed E-state index contributed by atoms with van der Waals surface area (Å²) >= 11 is 0. The summed E-state index contributed by atoms with van der Waals surface area (Å²) in [6.07, 6.45) is -0.0594. The van der Waals surface area contributed by atoms with Gasteiger partial charge in [-0.2, -0.15) is 0 Å². The second-order valence-electron chi connectivity index (χ2n) is 2.16. The second kappa shape index (κ2) is 6.12. The van der Waals surface area contributed by atoms with Crippen LogP contribution in [0.3, 0.4) is 0 Å². The predicted molar refractivity (Wildman–Crippen MR) is 39.3 cm³/mol. The molecule has 0 bridgehead atoms. The van der Waals surface area contributed by atoms with Gasteiger partial charge in [0, 0.05) is 14.2 Å². The molecule has 0 heterocycles. The fourth-order valence-electron chi connectivity index (χ4n) is 0.438. The molecule has 4 heteroatoms. The maximum Gasteiger partial charge on any atom is 0.332 e. The minimum Gasteiger partial charge on any atom is -0.461 e. The summed E-state index contributed by atoms with van der Waals surface area (Å²) < 4.78 is 14.2. The van der Waals surface area contributed by atoms with E-state index in [-0.39, 0.29) is 25.3 Å². The zero-order chi connectivity index (χ0) is 8.69. The molecule has 0 radical (unpaired) electrons. The lowest BCUT2D eigenvalue weighted by Gasteiger charge is -2.09. The second-order valence-corrected chi connectivity index (χ2v) is 2.16. The lowest BCUT2D eigenvalue weighted by atomic mass is 10.4. The van der Waals surface area contributed by atoms with Crippen molar-refractivity contribution in [1.82, 2.24) is 0 Å². The molecule has 0 amide bonds. The summed E-state index contributed by atoms with van der Waals surface area (Å²) in [5.41, 5.74) is 0. The van der Waals surface area contributed by atoms with E-state index >= 15 is 0 Å². The van der Waals surface area contributed by atoms with Gasteiger partial charge in [0.1, 0.15) is 13.2 Å². The van der Waals surface area contributed by atoms with Crippen LogP contribution in [0.4, 0.5) is 0 Å². The Balaban J connectivity index is 3.30. The number of hydrogen-bond acceptors (Lipinski definition) is 4. The first-order valence-electron chi connectivity index (χ1n) is 3.38. The molecule has 0 aromatic rings. The van der Waals surface area contributed by atoms with E-state index in [4.69, 9.17) is 9.47 Å². The van der Waals surface area contributed by atoms with E-state index in [0.29, 0.717) is 0 Å². The fraction of sp³-hybridized carbons (Fsp3) is 0.857. The maximum atomic E-state index is 10.7. The van der Waals surface area contributed by atoms with Crippen molar-refractivity contribution >= 4 is 5.97 Å². The van der Waals surface area contributed by atoms with Crippen LogP contribution in [0.25, 0.3) is 0 Å². The van der Waals surface area contributed by atoms with Crippen molar-refractivity contribution in [3.05, 3.63) is 0 Å². The molecule has 0 aliphatic heterocycles. The molecule has 0 aliphatic rings. The van der Waals surface area contributed by atoms with Crippen LogP contribution >= 0.6 is 0 Å². The smallest absolute Gasteiger partial charge is 0.332 e. The van der Waals surface area contributed by atoms with Gasteiger partial charge in [0.05, 0.1) is 6.10 Å². The topological polar surface area (TPSA) is 44.8 Å². The molecule has 0 saturated carbocycles. The molecule has 66 valence electrons. The number of carbonyl (C=O) groups is 1.